The van der Waals surface area contributed by atoms with Gasteiger partial charge in [-0.15, -0.1) is 0 Å². The Morgan fingerprint density at radius 1 is 1.33 bits per heavy atom. The van der Waals surface area contributed by atoms with Gasteiger partial charge in [0.25, 0.3) is 0 Å². The Morgan fingerprint density at radius 3 is 2.60 bits per heavy atom. The van der Waals surface area contributed by atoms with Crippen LogP contribution in [0.3, 0.4) is 0 Å². The predicted molar refractivity (Wildman–Crippen MR) is 63.9 cm³/mol. The number of rotatable bonds is 6. The molecule has 1 rings (SSSR count). The molecule has 0 aliphatic carbocycles. The predicted octanol–water partition coefficient (Wildman–Crippen LogP) is 2.42. The summed E-state index contributed by atoms with van der Waals surface area (Å²) in [7, 11) is 0. The zero-order chi connectivity index (χ0) is 11.3. The highest BCUT2D eigenvalue weighted by molar-refractivity contribution is 5.15. The third kappa shape index (κ3) is 3.67. The molecule has 0 radical (unpaired) electrons. The summed E-state index contributed by atoms with van der Waals surface area (Å²) in [6.45, 7) is 9.50. The molecule has 15 heavy (non-hydrogen) atoms. The molecule has 0 bridgehead atoms. The summed E-state index contributed by atoms with van der Waals surface area (Å²) in [6.07, 6.45) is 3.30. The van der Waals surface area contributed by atoms with E-state index in [1.165, 1.54) is 17.8 Å². The minimum Gasteiger partial charge on any atom is -0.345 e. The van der Waals surface area contributed by atoms with Crippen molar-refractivity contribution in [2.24, 2.45) is 0 Å². The molecular weight excluding hydrogens is 186 g/mol. The number of hydrogen-bond acceptors (Lipinski definition) is 2. The number of imidazole rings is 1. The number of nitrogens with one attached hydrogen (secondary N) is 2. The maximum Gasteiger partial charge on any atom is 0.120 e. The van der Waals surface area contributed by atoms with Crippen LogP contribution in [0.15, 0.2) is 0 Å². The topological polar surface area (TPSA) is 40.7 Å². The molecule has 1 heterocycles. The first-order chi connectivity index (χ1) is 7.17. The Bertz CT molecular complexity index is 289. The van der Waals surface area contributed by atoms with Gasteiger partial charge in [-0.2, -0.15) is 0 Å². The lowest BCUT2D eigenvalue weighted by Crippen LogP contribution is -2.22. The van der Waals surface area contributed by atoms with E-state index in [2.05, 4.69) is 43.0 Å². The van der Waals surface area contributed by atoms with Crippen LogP contribution >= 0.6 is 0 Å². The molecule has 0 aliphatic heterocycles. The van der Waals surface area contributed by atoms with E-state index >= 15 is 0 Å². The first-order valence-electron chi connectivity index (χ1n) is 5.97. The van der Waals surface area contributed by atoms with E-state index in [0.29, 0.717) is 6.04 Å². The molecule has 0 saturated carbocycles. The summed E-state index contributed by atoms with van der Waals surface area (Å²) in [6, 6.07) is 0.509. The summed E-state index contributed by atoms with van der Waals surface area (Å²) in [5, 5.41) is 3.37. The van der Waals surface area contributed by atoms with E-state index in [9.17, 15) is 0 Å². The van der Waals surface area contributed by atoms with Crippen LogP contribution in [0.5, 0.6) is 0 Å². The highest BCUT2D eigenvalue weighted by Gasteiger charge is 2.07. The fourth-order valence-corrected chi connectivity index (χ4v) is 1.64. The molecular formula is C12H23N3. The second kappa shape index (κ2) is 5.91. The summed E-state index contributed by atoms with van der Waals surface area (Å²) in [5.74, 6) is 1.07. The van der Waals surface area contributed by atoms with E-state index < -0.39 is 0 Å². The van der Waals surface area contributed by atoms with Gasteiger partial charge in [0.2, 0.25) is 0 Å². The molecule has 0 aromatic carbocycles. The maximum atomic E-state index is 4.60. The Labute approximate surface area is 92.7 Å². The van der Waals surface area contributed by atoms with E-state index in [0.717, 1.165) is 25.2 Å². The minimum absolute atomic E-state index is 0.509. The number of aryl methyl sites for hydroxylation is 2. The van der Waals surface area contributed by atoms with Crippen LogP contribution in [0.25, 0.3) is 0 Å². The number of hydrogen-bond donors (Lipinski definition) is 2. The van der Waals surface area contributed by atoms with Crippen molar-refractivity contribution < 1.29 is 0 Å². The van der Waals surface area contributed by atoms with Crippen LogP contribution < -0.4 is 5.32 Å². The number of H-pyrrole nitrogens is 1. The third-order valence-electron chi connectivity index (χ3n) is 2.43. The first kappa shape index (κ1) is 12.2. The molecule has 0 fully saturated rings. The van der Waals surface area contributed by atoms with Crippen molar-refractivity contribution in [1.82, 2.24) is 15.3 Å². The molecule has 0 amide bonds. The normalized spacial score (nSPS) is 11.3. The minimum atomic E-state index is 0.509. The van der Waals surface area contributed by atoms with Crippen LogP contribution in [-0.4, -0.2) is 16.0 Å². The van der Waals surface area contributed by atoms with Crippen molar-refractivity contribution in [3.05, 3.63) is 17.2 Å². The Hall–Kier alpha value is -0.830. The Kier molecular flexibility index (Phi) is 4.82. The van der Waals surface area contributed by atoms with Crippen molar-refractivity contribution in [3.63, 3.8) is 0 Å². The molecule has 1 aromatic heterocycles. The van der Waals surface area contributed by atoms with E-state index in [-0.39, 0.29) is 0 Å². The average Bonchev–Trinajstić information content (AvgIpc) is 2.58. The third-order valence-corrected chi connectivity index (χ3v) is 2.43. The summed E-state index contributed by atoms with van der Waals surface area (Å²) in [5.41, 5.74) is 2.55. The maximum absolute atomic E-state index is 4.60. The van der Waals surface area contributed by atoms with Crippen molar-refractivity contribution in [2.45, 2.75) is 59.5 Å². The van der Waals surface area contributed by atoms with Crippen LogP contribution in [0.1, 0.15) is 51.3 Å². The molecule has 3 heteroatoms. The number of aromatic nitrogens is 2. The van der Waals surface area contributed by atoms with Gasteiger partial charge in [0, 0.05) is 11.7 Å². The van der Waals surface area contributed by atoms with Gasteiger partial charge < -0.3 is 10.3 Å². The van der Waals surface area contributed by atoms with E-state index in [1.54, 1.807) is 0 Å². The van der Waals surface area contributed by atoms with Gasteiger partial charge in [-0.1, -0.05) is 34.1 Å². The smallest absolute Gasteiger partial charge is 0.120 e. The molecule has 3 nitrogen and oxygen atoms in total. The molecule has 0 unspecified atom stereocenters. The van der Waals surface area contributed by atoms with Crippen molar-refractivity contribution in [1.29, 1.82) is 0 Å². The lowest BCUT2D eigenvalue weighted by molar-refractivity contribution is 0.574. The summed E-state index contributed by atoms with van der Waals surface area (Å²) < 4.78 is 0. The van der Waals surface area contributed by atoms with Crippen LogP contribution in [0.4, 0.5) is 0 Å². The fraction of sp³-hybridized carbons (Fsp3) is 0.750. The van der Waals surface area contributed by atoms with Gasteiger partial charge in [0.1, 0.15) is 5.82 Å². The largest absolute Gasteiger partial charge is 0.345 e. The highest BCUT2D eigenvalue weighted by Crippen LogP contribution is 2.09. The van der Waals surface area contributed by atoms with Gasteiger partial charge >= 0.3 is 0 Å². The monoisotopic (exact) mass is 209 g/mol. The molecule has 0 aliphatic rings. The van der Waals surface area contributed by atoms with Gasteiger partial charge in [-0.05, 0) is 12.8 Å². The van der Waals surface area contributed by atoms with Gasteiger partial charge in [-0.25, -0.2) is 4.98 Å². The Balaban J connectivity index is 2.65. The molecule has 86 valence electrons. The SMILES string of the molecule is CCCc1[nH]c(CNC(C)C)nc1CC. The number of nitrogens with zero attached hydrogens (tertiary/aromatic N) is 1. The molecule has 0 atom stereocenters. The standard InChI is InChI=1S/C12H23N3/c1-5-7-11-10(6-2)14-12(15-11)8-13-9(3)4/h9,13H,5-8H2,1-4H3,(H,14,15). The second-order valence-corrected chi connectivity index (χ2v) is 4.25. The van der Waals surface area contributed by atoms with E-state index in [4.69, 9.17) is 0 Å². The average molecular weight is 209 g/mol. The molecule has 0 spiro atoms. The van der Waals surface area contributed by atoms with Crippen molar-refractivity contribution >= 4 is 0 Å². The zero-order valence-corrected chi connectivity index (χ0v) is 10.4. The molecule has 0 saturated heterocycles. The lowest BCUT2D eigenvalue weighted by Gasteiger charge is -2.04. The van der Waals surface area contributed by atoms with Gasteiger partial charge in [0.15, 0.2) is 0 Å². The van der Waals surface area contributed by atoms with Crippen LogP contribution in [0.2, 0.25) is 0 Å². The zero-order valence-electron chi connectivity index (χ0n) is 10.4. The lowest BCUT2D eigenvalue weighted by atomic mass is 10.2. The highest BCUT2D eigenvalue weighted by atomic mass is 15.0. The van der Waals surface area contributed by atoms with E-state index in [1.807, 2.05) is 0 Å². The Morgan fingerprint density at radius 2 is 2.07 bits per heavy atom. The summed E-state index contributed by atoms with van der Waals surface area (Å²) in [4.78, 5) is 8.02. The first-order valence-corrected chi connectivity index (χ1v) is 5.97. The van der Waals surface area contributed by atoms with Gasteiger partial charge in [0.05, 0.1) is 12.2 Å². The quantitative estimate of drug-likeness (QED) is 0.755. The van der Waals surface area contributed by atoms with Crippen LogP contribution in [-0.2, 0) is 19.4 Å². The van der Waals surface area contributed by atoms with Crippen molar-refractivity contribution in [3.8, 4) is 0 Å². The molecule has 1 aromatic rings. The van der Waals surface area contributed by atoms with Crippen molar-refractivity contribution in [2.75, 3.05) is 0 Å². The van der Waals surface area contributed by atoms with Gasteiger partial charge in [-0.3, -0.25) is 0 Å². The molecule has 2 N–H and O–H groups in total. The number of aromatic amines is 1. The summed E-state index contributed by atoms with van der Waals surface area (Å²) >= 11 is 0. The second-order valence-electron chi connectivity index (χ2n) is 4.25. The van der Waals surface area contributed by atoms with Crippen LogP contribution in [0, 0.1) is 0 Å². The fourth-order valence-electron chi connectivity index (χ4n) is 1.64.